The summed E-state index contributed by atoms with van der Waals surface area (Å²) in [5.41, 5.74) is 1.16. The molecule has 1 aliphatic rings. The molecule has 0 bridgehead atoms. The maximum Gasteiger partial charge on any atom is 0.234 e. The summed E-state index contributed by atoms with van der Waals surface area (Å²) in [6, 6.07) is 7.72. The Morgan fingerprint density at radius 1 is 1.39 bits per heavy atom. The first-order valence-electron chi connectivity index (χ1n) is 6.33. The van der Waals surface area contributed by atoms with Gasteiger partial charge in [0, 0.05) is 18.1 Å². The minimum absolute atomic E-state index is 0.110. The van der Waals surface area contributed by atoms with Gasteiger partial charge in [0.25, 0.3) is 0 Å². The Morgan fingerprint density at radius 2 is 2.06 bits per heavy atom. The molecule has 0 radical (unpaired) electrons. The molecule has 2 rings (SSSR count). The molecular formula is C14H19ClN2O. The molecule has 3 nitrogen and oxygen atoms in total. The molecular weight excluding hydrogens is 248 g/mol. The number of hydrogen-bond acceptors (Lipinski definition) is 2. The highest BCUT2D eigenvalue weighted by molar-refractivity contribution is 6.30. The van der Waals surface area contributed by atoms with Crippen LogP contribution in [-0.4, -0.2) is 30.9 Å². The molecule has 0 aliphatic heterocycles. The average Bonchev–Trinajstić information content (AvgIpc) is 3.13. The van der Waals surface area contributed by atoms with Gasteiger partial charge in [-0.25, -0.2) is 0 Å². The van der Waals surface area contributed by atoms with Gasteiger partial charge in [0.2, 0.25) is 5.91 Å². The summed E-state index contributed by atoms with van der Waals surface area (Å²) in [6.45, 7) is 2.04. The van der Waals surface area contributed by atoms with Gasteiger partial charge in [0.1, 0.15) is 0 Å². The predicted octanol–water partition coefficient (Wildman–Crippen LogP) is 2.30. The summed E-state index contributed by atoms with van der Waals surface area (Å²) >= 11 is 5.83. The Morgan fingerprint density at radius 3 is 2.67 bits per heavy atom. The van der Waals surface area contributed by atoms with Crippen LogP contribution in [0.3, 0.4) is 0 Å². The van der Waals surface area contributed by atoms with Crippen molar-refractivity contribution in [2.75, 3.05) is 20.1 Å². The minimum atomic E-state index is 0.110. The number of rotatable bonds is 6. The summed E-state index contributed by atoms with van der Waals surface area (Å²) in [5, 5.41) is 3.71. The van der Waals surface area contributed by atoms with Gasteiger partial charge in [-0.1, -0.05) is 23.7 Å². The number of benzene rings is 1. The zero-order valence-electron chi connectivity index (χ0n) is 10.7. The molecule has 1 aliphatic carbocycles. The van der Waals surface area contributed by atoms with E-state index in [-0.39, 0.29) is 5.91 Å². The van der Waals surface area contributed by atoms with E-state index < -0.39 is 0 Å². The Labute approximate surface area is 113 Å². The molecule has 18 heavy (non-hydrogen) atoms. The van der Waals surface area contributed by atoms with Crippen molar-refractivity contribution in [2.24, 2.45) is 5.92 Å². The molecule has 1 aromatic carbocycles. The Kier molecular flexibility index (Phi) is 4.61. The van der Waals surface area contributed by atoms with Gasteiger partial charge in [-0.3, -0.25) is 9.69 Å². The average molecular weight is 267 g/mol. The van der Waals surface area contributed by atoms with Crippen molar-refractivity contribution in [3.63, 3.8) is 0 Å². The fraction of sp³-hybridized carbons (Fsp3) is 0.500. The van der Waals surface area contributed by atoms with Crippen LogP contribution in [0.15, 0.2) is 24.3 Å². The molecule has 4 heteroatoms. The van der Waals surface area contributed by atoms with Gasteiger partial charge in [-0.2, -0.15) is 0 Å². The van der Waals surface area contributed by atoms with Gasteiger partial charge >= 0.3 is 0 Å². The number of carbonyl (C=O) groups excluding carboxylic acids is 1. The smallest absolute Gasteiger partial charge is 0.234 e. The van der Waals surface area contributed by atoms with E-state index in [0.717, 1.165) is 29.6 Å². The van der Waals surface area contributed by atoms with Gasteiger partial charge in [-0.05, 0) is 43.5 Å². The number of likely N-dealkylation sites (N-methyl/N-ethyl adjacent to an activating group) is 1. The molecule has 1 amide bonds. The van der Waals surface area contributed by atoms with Gasteiger partial charge in [0.05, 0.1) is 6.54 Å². The fourth-order valence-electron chi connectivity index (χ4n) is 1.84. The van der Waals surface area contributed by atoms with Crippen LogP contribution >= 0.6 is 11.6 Å². The van der Waals surface area contributed by atoms with Crippen LogP contribution in [0.4, 0.5) is 0 Å². The van der Waals surface area contributed by atoms with Crippen molar-refractivity contribution in [1.29, 1.82) is 0 Å². The highest BCUT2D eigenvalue weighted by Gasteiger charge is 2.21. The quantitative estimate of drug-likeness (QED) is 0.857. The van der Waals surface area contributed by atoms with Gasteiger partial charge in [-0.15, -0.1) is 0 Å². The lowest BCUT2D eigenvalue weighted by molar-refractivity contribution is -0.122. The lowest BCUT2D eigenvalue weighted by Gasteiger charge is -2.16. The zero-order valence-corrected chi connectivity index (χ0v) is 11.4. The van der Waals surface area contributed by atoms with E-state index in [2.05, 4.69) is 5.32 Å². The number of nitrogens with one attached hydrogen (secondary N) is 1. The van der Waals surface area contributed by atoms with Crippen LogP contribution in [0.25, 0.3) is 0 Å². The predicted molar refractivity (Wildman–Crippen MR) is 73.5 cm³/mol. The molecule has 1 saturated carbocycles. The van der Waals surface area contributed by atoms with Crippen LogP contribution in [0.5, 0.6) is 0 Å². The molecule has 1 aromatic rings. The monoisotopic (exact) mass is 266 g/mol. The van der Waals surface area contributed by atoms with Crippen molar-refractivity contribution >= 4 is 17.5 Å². The molecule has 98 valence electrons. The standard InChI is InChI=1S/C14H19ClN2O/c1-17(9-12-4-6-13(15)7-5-12)10-14(18)16-8-11-2-3-11/h4-7,11H,2-3,8-10H2,1H3,(H,16,18). The highest BCUT2D eigenvalue weighted by Crippen LogP contribution is 2.27. The Balaban J connectivity index is 1.71. The van der Waals surface area contributed by atoms with E-state index in [1.807, 2.05) is 36.2 Å². The molecule has 0 spiro atoms. The largest absolute Gasteiger partial charge is 0.355 e. The van der Waals surface area contributed by atoms with E-state index in [1.54, 1.807) is 0 Å². The third-order valence-electron chi connectivity index (χ3n) is 3.06. The number of amides is 1. The van der Waals surface area contributed by atoms with Crippen molar-refractivity contribution < 1.29 is 4.79 Å². The number of nitrogens with zero attached hydrogens (tertiary/aromatic N) is 1. The molecule has 0 heterocycles. The van der Waals surface area contributed by atoms with Crippen molar-refractivity contribution in [1.82, 2.24) is 10.2 Å². The van der Waals surface area contributed by atoms with Crippen molar-refractivity contribution in [2.45, 2.75) is 19.4 Å². The van der Waals surface area contributed by atoms with Crippen LogP contribution < -0.4 is 5.32 Å². The summed E-state index contributed by atoms with van der Waals surface area (Å²) in [7, 11) is 1.95. The number of halogens is 1. The summed E-state index contributed by atoms with van der Waals surface area (Å²) in [5.74, 6) is 0.842. The maximum atomic E-state index is 11.7. The third-order valence-corrected chi connectivity index (χ3v) is 3.32. The van der Waals surface area contributed by atoms with Gasteiger partial charge in [0.15, 0.2) is 0 Å². The van der Waals surface area contributed by atoms with Crippen molar-refractivity contribution in [3.05, 3.63) is 34.9 Å². The second-order valence-corrected chi connectivity index (χ2v) is 5.48. The van der Waals surface area contributed by atoms with Gasteiger partial charge < -0.3 is 5.32 Å². The van der Waals surface area contributed by atoms with Crippen molar-refractivity contribution in [3.8, 4) is 0 Å². The molecule has 0 aromatic heterocycles. The zero-order chi connectivity index (χ0) is 13.0. The summed E-state index contributed by atoms with van der Waals surface area (Å²) < 4.78 is 0. The first-order valence-corrected chi connectivity index (χ1v) is 6.71. The lowest BCUT2D eigenvalue weighted by Crippen LogP contribution is -2.35. The minimum Gasteiger partial charge on any atom is -0.355 e. The van der Waals surface area contributed by atoms with Crippen LogP contribution in [0, 0.1) is 5.92 Å². The normalized spacial score (nSPS) is 14.8. The van der Waals surface area contributed by atoms with Crippen LogP contribution in [-0.2, 0) is 11.3 Å². The highest BCUT2D eigenvalue weighted by atomic mass is 35.5. The fourth-order valence-corrected chi connectivity index (χ4v) is 1.96. The molecule has 1 fully saturated rings. The first-order chi connectivity index (χ1) is 8.63. The lowest BCUT2D eigenvalue weighted by atomic mass is 10.2. The number of hydrogen-bond donors (Lipinski definition) is 1. The molecule has 0 unspecified atom stereocenters. The van der Waals surface area contributed by atoms with E-state index >= 15 is 0 Å². The van der Waals surface area contributed by atoms with Crippen LogP contribution in [0.2, 0.25) is 5.02 Å². The van der Waals surface area contributed by atoms with E-state index in [1.165, 1.54) is 12.8 Å². The topological polar surface area (TPSA) is 32.3 Å². The third kappa shape index (κ3) is 4.67. The van der Waals surface area contributed by atoms with Crippen LogP contribution in [0.1, 0.15) is 18.4 Å². The van der Waals surface area contributed by atoms with E-state index in [9.17, 15) is 4.79 Å². The Hall–Kier alpha value is -1.06. The molecule has 1 N–H and O–H groups in total. The number of carbonyl (C=O) groups is 1. The summed E-state index contributed by atoms with van der Waals surface area (Å²) in [6.07, 6.45) is 2.53. The Bertz CT molecular complexity index is 401. The maximum absolute atomic E-state index is 11.7. The van der Waals surface area contributed by atoms with E-state index in [0.29, 0.717) is 6.54 Å². The second kappa shape index (κ2) is 6.21. The SMILES string of the molecule is CN(CC(=O)NCC1CC1)Cc1ccc(Cl)cc1. The summed E-state index contributed by atoms with van der Waals surface area (Å²) in [4.78, 5) is 13.7. The molecule has 0 atom stereocenters. The first kappa shape index (κ1) is 13.4. The second-order valence-electron chi connectivity index (χ2n) is 5.05. The van der Waals surface area contributed by atoms with E-state index in [4.69, 9.17) is 11.6 Å². The molecule has 0 saturated heterocycles.